The van der Waals surface area contributed by atoms with Gasteiger partial charge in [-0.2, -0.15) is 5.10 Å². The number of H-pyrrole nitrogens is 2. The fraction of sp³-hybridized carbons (Fsp3) is 0.333. The zero-order valence-electron chi connectivity index (χ0n) is 19.9. The van der Waals surface area contributed by atoms with Crippen molar-refractivity contribution < 1.29 is 9.53 Å². The molecule has 4 N–H and O–H groups in total. The van der Waals surface area contributed by atoms with Crippen molar-refractivity contribution in [1.29, 1.82) is 0 Å². The van der Waals surface area contributed by atoms with E-state index in [1.165, 1.54) is 16.8 Å². The molecule has 0 saturated carbocycles. The van der Waals surface area contributed by atoms with Gasteiger partial charge < -0.3 is 20.4 Å². The third-order valence-electron chi connectivity index (χ3n) is 6.94. The van der Waals surface area contributed by atoms with Crippen LogP contribution < -0.4 is 10.6 Å². The lowest BCUT2D eigenvalue weighted by Crippen LogP contribution is -2.39. The van der Waals surface area contributed by atoms with Crippen molar-refractivity contribution in [3.05, 3.63) is 71.4 Å². The normalized spacial score (nSPS) is 17.0. The van der Waals surface area contributed by atoms with Crippen molar-refractivity contribution in [3.63, 3.8) is 0 Å². The molecule has 5 rings (SSSR count). The maximum atomic E-state index is 12.0. The van der Waals surface area contributed by atoms with Crippen LogP contribution in [0.1, 0.15) is 30.7 Å². The van der Waals surface area contributed by atoms with E-state index in [4.69, 9.17) is 10.5 Å². The maximum absolute atomic E-state index is 12.0. The number of likely N-dealkylation sites (N-methyl/N-ethyl adjacent to an activating group) is 1. The Balaban J connectivity index is 1.42. The SMILES string of the molecule is CN(C(=O)CN)c1ccc2cc(-c3n[nH]c4c3CC(OCc3ccccc3)C(C)(C)C4)[nH]c2c1. The van der Waals surface area contributed by atoms with Crippen LogP contribution in [0.4, 0.5) is 5.69 Å². The summed E-state index contributed by atoms with van der Waals surface area (Å²) in [5.74, 6) is -0.128. The minimum Gasteiger partial charge on any atom is -0.373 e. The zero-order chi connectivity index (χ0) is 23.9. The number of hydrogen-bond acceptors (Lipinski definition) is 4. The Morgan fingerprint density at radius 3 is 2.76 bits per heavy atom. The van der Waals surface area contributed by atoms with Crippen molar-refractivity contribution in [2.45, 2.75) is 39.4 Å². The molecule has 176 valence electrons. The molecule has 0 radical (unpaired) electrons. The number of amides is 1. The lowest BCUT2D eigenvalue weighted by atomic mass is 9.73. The number of aromatic nitrogens is 3. The maximum Gasteiger partial charge on any atom is 0.240 e. The highest BCUT2D eigenvalue weighted by molar-refractivity contribution is 5.97. The molecule has 1 atom stereocenters. The molecule has 1 aliphatic carbocycles. The predicted octanol–water partition coefficient (Wildman–Crippen LogP) is 4.19. The summed E-state index contributed by atoms with van der Waals surface area (Å²) in [7, 11) is 1.74. The standard InChI is InChI=1S/C27H31N5O2/c1-27(2)14-23-20(13-24(27)34-16-17-7-5-4-6-8-17)26(31-30-23)22-11-18-9-10-19(12-21(18)29-22)32(3)25(33)15-28/h4-12,24,29H,13-16,28H2,1-3H3,(H,30,31). The summed E-state index contributed by atoms with van der Waals surface area (Å²) < 4.78 is 6.44. The van der Waals surface area contributed by atoms with E-state index >= 15 is 0 Å². The number of aromatic amines is 2. The van der Waals surface area contributed by atoms with Gasteiger partial charge in [0.1, 0.15) is 5.69 Å². The lowest BCUT2D eigenvalue weighted by Gasteiger charge is -2.38. The lowest BCUT2D eigenvalue weighted by molar-refractivity contribution is -0.117. The topological polar surface area (TPSA) is 100 Å². The molecule has 2 heterocycles. The van der Waals surface area contributed by atoms with Crippen LogP contribution in [0.3, 0.4) is 0 Å². The zero-order valence-corrected chi connectivity index (χ0v) is 19.9. The summed E-state index contributed by atoms with van der Waals surface area (Å²) in [6.07, 6.45) is 1.77. The van der Waals surface area contributed by atoms with E-state index in [2.05, 4.69) is 47.2 Å². The first-order chi connectivity index (χ1) is 16.4. The number of hydrogen-bond donors (Lipinski definition) is 3. The molecular weight excluding hydrogens is 426 g/mol. The molecule has 1 unspecified atom stereocenters. The molecule has 1 aliphatic rings. The fourth-order valence-electron chi connectivity index (χ4n) is 4.81. The number of nitrogens with zero attached hydrogens (tertiary/aromatic N) is 2. The monoisotopic (exact) mass is 457 g/mol. The summed E-state index contributed by atoms with van der Waals surface area (Å²) in [5.41, 5.74) is 12.7. The minimum atomic E-state index is -0.128. The quantitative estimate of drug-likeness (QED) is 0.404. The van der Waals surface area contributed by atoms with Gasteiger partial charge in [0.15, 0.2) is 0 Å². The minimum absolute atomic E-state index is 0.00104. The summed E-state index contributed by atoms with van der Waals surface area (Å²) in [4.78, 5) is 17.1. The van der Waals surface area contributed by atoms with Crippen LogP contribution in [0.2, 0.25) is 0 Å². The smallest absolute Gasteiger partial charge is 0.240 e. The van der Waals surface area contributed by atoms with Crippen LogP contribution in [-0.2, 0) is 29.0 Å². The van der Waals surface area contributed by atoms with E-state index in [0.29, 0.717) is 6.61 Å². The molecule has 2 aromatic carbocycles. The molecule has 34 heavy (non-hydrogen) atoms. The molecule has 7 nitrogen and oxygen atoms in total. The molecule has 1 amide bonds. The number of benzene rings is 2. The van der Waals surface area contributed by atoms with E-state index in [1.807, 2.05) is 36.4 Å². The molecule has 7 heteroatoms. The molecule has 0 saturated heterocycles. The summed E-state index contributed by atoms with van der Waals surface area (Å²) in [5, 5.41) is 9.03. The number of rotatable bonds is 6. The third-order valence-corrected chi connectivity index (χ3v) is 6.94. The van der Waals surface area contributed by atoms with E-state index < -0.39 is 0 Å². The molecule has 4 aromatic rings. The van der Waals surface area contributed by atoms with Crippen LogP contribution in [0.15, 0.2) is 54.6 Å². The Morgan fingerprint density at radius 2 is 2.00 bits per heavy atom. The summed E-state index contributed by atoms with van der Waals surface area (Å²) in [6.45, 7) is 5.10. The highest BCUT2D eigenvalue weighted by Crippen LogP contribution is 2.40. The van der Waals surface area contributed by atoms with E-state index in [0.717, 1.165) is 40.8 Å². The average molecular weight is 458 g/mol. The third kappa shape index (κ3) is 4.13. The highest BCUT2D eigenvalue weighted by atomic mass is 16.5. The number of ether oxygens (including phenoxy) is 1. The van der Waals surface area contributed by atoms with Gasteiger partial charge in [0, 0.05) is 41.3 Å². The van der Waals surface area contributed by atoms with Gasteiger partial charge in [-0.05, 0) is 35.6 Å². The van der Waals surface area contributed by atoms with Crippen LogP contribution in [0.25, 0.3) is 22.3 Å². The van der Waals surface area contributed by atoms with Gasteiger partial charge in [0.2, 0.25) is 5.91 Å². The van der Waals surface area contributed by atoms with Crippen molar-refractivity contribution >= 4 is 22.5 Å². The Bertz CT molecular complexity index is 1320. The van der Waals surface area contributed by atoms with Gasteiger partial charge in [-0.1, -0.05) is 50.2 Å². The van der Waals surface area contributed by atoms with E-state index in [-0.39, 0.29) is 24.0 Å². The molecule has 0 spiro atoms. The van der Waals surface area contributed by atoms with Gasteiger partial charge in [-0.25, -0.2) is 0 Å². The Labute approximate surface area is 199 Å². The van der Waals surface area contributed by atoms with Gasteiger partial charge >= 0.3 is 0 Å². The molecule has 2 aromatic heterocycles. The van der Waals surface area contributed by atoms with E-state index in [9.17, 15) is 4.79 Å². The van der Waals surface area contributed by atoms with Crippen molar-refractivity contribution in [3.8, 4) is 11.4 Å². The molecule has 0 bridgehead atoms. The first-order valence-corrected chi connectivity index (χ1v) is 11.7. The number of nitrogens with one attached hydrogen (secondary N) is 2. The first kappa shape index (κ1) is 22.4. The Morgan fingerprint density at radius 1 is 1.21 bits per heavy atom. The van der Waals surface area contributed by atoms with Crippen LogP contribution in [0.5, 0.6) is 0 Å². The van der Waals surface area contributed by atoms with Gasteiger partial charge in [0.05, 0.1) is 24.9 Å². The largest absolute Gasteiger partial charge is 0.373 e. The summed E-state index contributed by atoms with van der Waals surface area (Å²) in [6, 6.07) is 18.3. The van der Waals surface area contributed by atoms with Crippen LogP contribution in [0, 0.1) is 5.41 Å². The van der Waals surface area contributed by atoms with Crippen molar-refractivity contribution in [2.24, 2.45) is 11.1 Å². The van der Waals surface area contributed by atoms with Crippen LogP contribution >= 0.6 is 0 Å². The number of nitrogens with two attached hydrogens (primary N) is 1. The Hall–Kier alpha value is -3.42. The predicted molar refractivity (Wildman–Crippen MR) is 135 cm³/mol. The highest BCUT2D eigenvalue weighted by Gasteiger charge is 2.38. The second kappa shape index (κ2) is 8.74. The number of carbonyl (C=O) groups excluding carboxylic acids is 1. The molecule has 0 aliphatic heterocycles. The van der Waals surface area contributed by atoms with Gasteiger partial charge in [-0.15, -0.1) is 0 Å². The van der Waals surface area contributed by atoms with Gasteiger partial charge in [0.25, 0.3) is 0 Å². The average Bonchev–Trinajstić information content (AvgIpc) is 3.44. The number of carbonyl (C=O) groups is 1. The van der Waals surface area contributed by atoms with Crippen molar-refractivity contribution in [1.82, 2.24) is 15.2 Å². The number of fused-ring (bicyclic) bond motifs is 2. The van der Waals surface area contributed by atoms with E-state index in [1.54, 1.807) is 11.9 Å². The van der Waals surface area contributed by atoms with Gasteiger partial charge in [-0.3, -0.25) is 9.89 Å². The number of anilines is 1. The Kier molecular flexibility index (Phi) is 5.75. The first-order valence-electron chi connectivity index (χ1n) is 11.7. The molecular formula is C27H31N5O2. The second-order valence-electron chi connectivity index (χ2n) is 9.80. The second-order valence-corrected chi connectivity index (χ2v) is 9.80. The fourth-order valence-corrected chi connectivity index (χ4v) is 4.81. The van der Waals surface area contributed by atoms with Crippen LogP contribution in [-0.4, -0.2) is 40.8 Å². The molecule has 0 fully saturated rings. The summed E-state index contributed by atoms with van der Waals surface area (Å²) >= 11 is 0. The van der Waals surface area contributed by atoms with Crippen molar-refractivity contribution in [2.75, 3.05) is 18.5 Å².